The Morgan fingerprint density at radius 2 is 1.88 bits per heavy atom. The van der Waals surface area contributed by atoms with E-state index < -0.39 is 0 Å². The number of hydrogen-bond acceptors (Lipinski definition) is 4. The Kier molecular flexibility index (Phi) is 5.02. The van der Waals surface area contributed by atoms with E-state index in [9.17, 15) is 0 Å². The number of imidazole rings is 1. The van der Waals surface area contributed by atoms with Gasteiger partial charge < -0.3 is 9.13 Å². The van der Waals surface area contributed by atoms with Gasteiger partial charge in [-0.1, -0.05) is 30.3 Å². The third-order valence-electron chi connectivity index (χ3n) is 4.10. The molecule has 0 unspecified atom stereocenters. The van der Waals surface area contributed by atoms with Gasteiger partial charge in [0.05, 0.1) is 23.9 Å². The Bertz CT molecular complexity index is 1000. The zero-order valence-electron chi connectivity index (χ0n) is 14.3. The van der Waals surface area contributed by atoms with Crippen LogP contribution in [0.3, 0.4) is 0 Å². The fourth-order valence-electron chi connectivity index (χ4n) is 2.84. The molecule has 0 aliphatic rings. The van der Waals surface area contributed by atoms with Crippen molar-refractivity contribution in [2.75, 3.05) is 0 Å². The molecule has 0 fully saturated rings. The summed E-state index contributed by atoms with van der Waals surface area (Å²) in [7, 11) is 0. The van der Waals surface area contributed by atoms with Crippen LogP contribution in [-0.4, -0.2) is 19.1 Å². The van der Waals surface area contributed by atoms with E-state index in [1.165, 1.54) is 11.3 Å². The molecule has 3 aromatic heterocycles. The second kappa shape index (κ2) is 7.93. The van der Waals surface area contributed by atoms with Crippen LogP contribution in [0.2, 0.25) is 0 Å². The Labute approximate surface area is 156 Å². The molecule has 0 N–H and O–H groups in total. The number of pyridine rings is 1. The fourth-order valence-corrected chi connectivity index (χ4v) is 3.79. The molecule has 0 aliphatic carbocycles. The summed E-state index contributed by atoms with van der Waals surface area (Å²) in [5.41, 5.74) is 3.28. The minimum Gasteiger partial charge on any atom is -0.337 e. The molecule has 0 aliphatic heterocycles. The van der Waals surface area contributed by atoms with Crippen molar-refractivity contribution >= 4 is 17.0 Å². The number of hydrogen-bond donors (Lipinski definition) is 0. The predicted molar refractivity (Wildman–Crippen MR) is 104 cm³/mol. The number of benzene rings is 1. The fraction of sp³-hybridized carbons (Fsp3) is 0.150. The van der Waals surface area contributed by atoms with Crippen LogP contribution in [0.15, 0.2) is 84.0 Å². The van der Waals surface area contributed by atoms with Gasteiger partial charge in [-0.2, -0.15) is 0 Å². The molecular formula is C20H19N5S. The minimum atomic E-state index is 0.873. The maximum absolute atomic E-state index is 4.80. The number of nitrogens with zero attached hydrogens (tertiary/aromatic N) is 5. The van der Waals surface area contributed by atoms with E-state index in [-0.39, 0.29) is 0 Å². The van der Waals surface area contributed by atoms with E-state index in [1.807, 2.05) is 36.9 Å². The molecule has 1 aromatic carbocycles. The van der Waals surface area contributed by atoms with E-state index in [1.54, 1.807) is 23.7 Å². The molecule has 0 radical (unpaired) electrons. The lowest BCUT2D eigenvalue weighted by atomic mass is 10.2. The van der Waals surface area contributed by atoms with Crippen molar-refractivity contribution in [2.45, 2.75) is 19.5 Å². The summed E-state index contributed by atoms with van der Waals surface area (Å²) in [6, 6.07) is 14.4. The average Bonchev–Trinajstić information content (AvgIpc) is 3.34. The van der Waals surface area contributed by atoms with Gasteiger partial charge in [0, 0.05) is 37.1 Å². The van der Waals surface area contributed by atoms with Crippen LogP contribution in [0.25, 0.3) is 11.3 Å². The maximum Gasteiger partial charge on any atom is 0.190 e. The van der Waals surface area contributed by atoms with Gasteiger partial charge in [-0.3, -0.25) is 4.98 Å². The molecule has 6 heteroatoms. The van der Waals surface area contributed by atoms with Crippen molar-refractivity contribution in [3.8, 4) is 11.3 Å². The first-order valence-electron chi connectivity index (χ1n) is 8.54. The standard InChI is InChI=1S/C20H19N5S/c1-2-6-17(7-3-1)19-15-26-20(23-18-8-4-9-21-14-18)25(19)12-5-11-24-13-10-22-16-24/h1-4,6-10,13-16H,5,11-12H2. The van der Waals surface area contributed by atoms with Gasteiger partial charge in [0.2, 0.25) is 0 Å². The highest BCUT2D eigenvalue weighted by molar-refractivity contribution is 7.07. The second-order valence-corrected chi connectivity index (χ2v) is 6.73. The highest BCUT2D eigenvalue weighted by atomic mass is 32.1. The predicted octanol–water partition coefficient (Wildman–Crippen LogP) is 4.13. The number of thiazole rings is 1. The Morgan fingerprint density at radius 3 is 2.65 bits per heavy atom. The average molecular weight is 361 g/mol. The van der Waals surface area contributed by atoms with Crippen LogP contribution in [0, 0.1) is 0 Å². The van der Waals surface area contributed by atoms with E-state index in [2.05, 4.69) is 48.7 Å². The zero-order valence-corrected chi connectivity index (χ0v) is 15.1. The van der Waals surface area contributed by atoms with Crippen LogP contribution in [-0.2, 0) is 13.1 Å². The SMILES string of the molecule is c1ccc(-c2csc(=Nc3cccnc3)n2CCCn2ccnc2)cc1. The quantitative estimate of drug-likeness (QED) is 0.518. The molecular weight excluding hydrogens is 342 g/mol. The molecule has 26 heavy (non-hydrogen) atoms. The number of aryl methyl sites for hydroxylation is 1. The van der Waals surface area contributed by atoms with Crippen molar-refractivity contribution in [1.82, 2.24) is 19.1 Å². The van der Waals surface area contributed by atoms with Gasteiger partial charge in [-0.15, -0.1) is 11.3 Å². The smallest absolute Gasteiger partial charge is 0.190 e. The third kappa shape index (κ3) is 3.81. The Morgan fingerprint density at radius 1 is 0.962 bits per heavy atom. The molecule has 130 valence electrons. The van der Waals surface area contributed by atoms with Crippen molar-refractivity contribution in [2.24, 2.45) is 4.99 Å². The summed E-state index contributed by atoms with van der Waals surface area (Å²) in [5.74, 6) is 0. The summed E-state index contributed by atoms with van der Waals surface area (Å²) in [6.07, 6.45) is 10.2. The van der Waals surface area contributed by atoms with Gasteiger partial charge >= 0.3 is 0 Å². The number of rotatable bonds is 6. The van der Waals surface area contributed by atoms with Crippen LogP contribution in [0.4, 0.5) is 5.69 Å². The number of aromatic nitrogens is 4. The third-order valence-corrected chi connectivity index (χ3v) is 4.96. The molecule has 0 saturated heterocycles. The monoisotopic (exact) mass is 361 g/mol. The van der Waals surface area contributed by atoms with Crippen LogP contribution in [0.5, 0.6) is 0 Å². The highest BCUT2D eigenvalue weighted by Crippen LogP contribution is 2.21. The molecule has 0 amide bonds. The Balaban J connectivity index is 1.67. The molecule has 4 rings (SSSR count). The zero-order chi connectivity index (χ0) is 17.6. The first kappa shape index (κ1) is 16.5. The molecule has 4 aromatic rings. The summed E-state index contributed by atoms with van der Waals surface area (Å²) >= 11 is 1.66. The van der Waals surface area contributed by atoms with E-state index in [4.69, 9.17) is 4.99 Å². The summed E-state index contributed by atoms with van der Waals surface area (Å²) in [4.78, 5) is 14.1. The molecule has 0 atom stereocenters. The maximum atomic E-state index is 4.80. The van der Waals surface area contributed by atoms with Crippen molar-refractivity contribution in [3.63, 3.8) is 0 Å². The van der Waals surface area contributed by atoms with Crippen LogP contribution in [0.1, 0.15) is 6.42 Å². The summed E-state index contributed by atoms with van der Waals surface area (Å²) in [5, 5.41) is 2.18. The molecule has 0 spiro atoms. The molecule has 3 heterocycles. The van der Waals surface area contributed by atoms with Gasteiger partial charge in [-0.05, 0) is 24.1 Å². The lowest BCUT2D eigenvalue weighted by molar-refractivity contribution is 0.559. The van der Waals surface area contributed by atoms with Crippen molar-refractivity contribution < 1.29 is 0 Å². The van der Waals surface area contributed by atoms with Gasteiger partial charge in [0.1, 0.15) is 0 Å². The summed E-state index contributed by atoms with van der Waals surface area (Å²) < 4.78 is 4.40. The lowest BCUT2D eigenvalue weighted by Gasteiger charge is -2.09. The van der Waals surface area contributed by atoms with Gasteiger partial charge in [0.25, 0.3) is 0 Å². The van der Waals surface area contributed by atoms with Crippen LogP contribution >= 0.6 is 11.3 Å². The lowest BCUT2D eigenvalue weighted by Crippen LogP contribution is -2.17. The topological polar surface area (TPSA) is 48.0 Å². The molecule has 5 nitrogen and oxygen atoms in total. The first-order chi connectivity index (χ1) is 12.9. The van der Waals surface area contributed by atoms with E-state index in [0.29, 0.717) is 0 Å². The van der Waals surface area contributed by atoms with Crippen LogP contribution < -0.4 is 4.80 Å². The van der Waals surface area contributed by atoms with Crippen molar-refractivity contribution in [1.29, 1.82) is 0 Å². The largest absolute Gasteiger partial charge is 0.337 e. The first-order valence-corrected chi connectivity index (χ1v) is 9.42. The highest BCUT2D eigenvalue weighted by Gasteiger charge is 2.08. The minimum absolute atomic E-state index is 0.873. The van der Waals surface area contributed by atoms with E-state index >= 15 is 0 Å². The van der Waals surface area contributed by atoms with E-state index in [0.717, 1.165) is 30.0 Å². The molecule has 0 bridgehead atoms. The van der Waals surface area contributed by atoms with Gasteiger partial charge in [0.15, 0.2) is 4.80 Å². The molecule has 0 saturated carbocycles. The second-order valence-electron chi connectivity index (χ2n) is 5.90. The summed E-state index contributed by atoms with van der Waals surface area (Å²) in [6.45, 7) is 1.83. The van der Waals surface area contributed by atoms with Gasteiger partial charge in [-0.25, -0.2) is 9.98 Å². The Hall–Kier alpha value is -2.99. The normalized spacial score (nSPS) is 11.8. The van der Waals surface area contributed by atoms with Crippen molar-refractivity contribution in [3.05, 3.63) is 83.8 Å².